The highest BCUT2D eigenvalue weighted by atomic mass is 79.9. The van der Waals surface area contributed by atoms with Crippen LogP contribution in [0.25, 0.3) is 0 Å². The number of carbonyl (C=O) groups excluding carboxylic acids is 1. The highest BCUT2D eigenvalue weighted by Gasteiger charge is 2.53. The van der Waals surface area contributed by atoms with E-state index in [-0.39, 0.29) is 4.83 Å². The molecule has 4 bridgehead atoms. The Morgan fingerprint density at radius 1 is 1.07 bits per heavy atom. The number of rotatable bonds is 0. The standard InChI is InChI=1S/C12H15BrO/c13-11-5-9-7-3-1-2-4-8(9)10(7)6-12(11)14/h1-2,7-11H,3-6H2/t7-,8+,9?,10?,11?. The molecule has 3 saturated carbocycles. The van der Waals surface area contributed by atoms with Crippen molar-refractivity contribution in [2.75, 3.05) is 0 Å². The maximum atomic E-state index is 11.7. The van der Waals surface area contributed by atoms with E-state index in [0.29, 0.717) is 11.7 Å². The molecule has 4 rings (SSSR count). The largest absolute Gasteiger partial charge is 0.298 e. The van der Waals surface area contributed by atoms with E-state index in [1.807, 2.05) is 0 Å². The van der Waals surface area contributed by atoms with Crippen LogP contribution in [0.15, 0.2) is 12.2 Å². The van der Waals surface area contributed by atoms with Crippen molar-refractivity contribution in [3.63, 3.8) is 0 Å². The van der Waals surface area contributed by atoms with Gasteiger partial charge in [0, 0.05) is 6.42 Å². The Morgan fingerprint density at radius 2 is 1.71 bits per heavy atom. The van der Waals surface area contributed by atoms with Gasteiger partial charge in [0.25, 0.3) is 0 Å². The van der Waals surface area contributed by atoms with Gasteiger partial charge in [-0.1, -0.05) is 28.1 Å². The molecule has 0 heterocycles. The van der Waals surface area contributed by atoms with Gasteiger partial charge in [-0.15, -0.1) is 0 Å². The van der Waals surface area contributed by atoms with Crippen molar-refractivity contribution in [3.05, 3.63) is 12.2 Å². The topological polar surface area (TPSA) is 17.1 Å². The Hall–Kier alpha value is -0.110. The third kappa shape index (κ3) is 1.16. The molecule has 3 fully saturated rings. The van der Waals surface area contributed by atoms with Crippen molar-refractivity contribution in [1.82, 2.24) is 0 Å². The van der Waals surface area contributed by atoms with E-state index < -0.39 is 0 Å². The van der Waals surface area contributed by atoms with Gasteiger partial charge < -0.3 is 0 Å². The highest BCUT2D eigenvalue weighted by molar-refractivity contribution is 9.10. The number of ketones is 1. The van der Waals surface area contributed by atoms with Gasteiger partial charge in [-0.05, 0) is 42.9 Å². The Balaban J connectivity index is 1.88. The molecule has 4 aliphatic carbocycles. The van der Waals surface area contributed by atoms with Gasteiger partial charge in [0.05, 0.1) is 4.83 Å². The summed E-state index contributed by atoms with van der Waals surface area (Å²) in [5.74, 6) is 3.64. The first-order valence-electron chi connectivity index (χ1n) is 5.59. The molecule has 4 aliphatic rings. The predicted molar refractivity (Wildman–Crippen MR) is 59.3 cm³/mol. The summed E-state index contributed by atoms with van der Waals surface area (Å²) in [5.41, 5.74) is 0. The van der Waals surface area contributed by atoms with Crippen LogP contribution in [0.1, 0.15) is 25.7 Å². The molecular formula is C12H15BrO. The molecule has 0 aromatic heterocycles. The molecule has 0 spiro atoms. The summed E-state index contributed by atoms with van der Waals surface area (Å²) >= 11 is 3.53. The van der Waals surface area contributed by atoms with Gasteiger partial charge in [-0.3, -0.25) is 4.79 Å². The average Bonchev–Trinajstić information content (AvgIpc) is 2.56. The van der Waals surface area contributed by atoms with Crippen LogP contribution in [0.3, 0.4) is 0 Å². The van der Waals surface area contributed by atoms with E-state index in [0.717, 1.165) is 30.6 Å². The molecule has 0 saturated heterocycles. The number of allylic oxidation sites excluding steroid dienone is 2. The van der Waals surface area contributed by atoms with Crippen LogP contribution in [0, 0.1) is 23.7 Å². The van der Waals surface area contributed by atoms with E-state index in [2.05, 4.69) is 28.1 Å². The molecule has 76 valence electrons. The van der Waals surface area contributed by atoms with E-state index in [9.17, 15) is 4.79 Å². The molecular weight excluding hydrogens is 240 g/mol. The summed E-state index contributed by atoms with van der Waals surface area (Å²) < 4.78 is 0. The van der Waals surface area contributed by atoms with Crippen molar-refractivity contribution in [3.8, 4) is 0 Å². The Bertz CT molecular complexity index is 281. The molecule has 0 aromatic rings. The molecule has 3 unspecified atom stereocenters. The zero-order chi connectivity index (χ0) is 9.71. The lowest BCUT2D eigenvalue weighted by atomic mass is 9.55. The first kappa shape index (κ1) is 9.14. The minimum absolute atomic E-state index is 0.156. The van der Waals surface area contributed by atoms with Gasteiger partial charge in [-0.2, -0.15) is 0 Å². The van der Waals surface area contributed by atoms with E-state index in [1.165, 1.54) is 12.8 Å². The van der Waals surface area contributed by atoms with Crippen LogP contribution in [0.2, 0.25) is 0 Å². The Morgan fingerprint density at radius 3 is 2.36 bits per heavy atom. The number of halogens is 1. The van der Waals surface area contributed by atoms with Crippen molar-refractivity contribution in [2.24, 2.45) is 23.7 Å². The third-order valence-corrected chi connectivity index (χ3v) is 5.33. The molecule has 0 amide bonds. The summed E-state index contributed by atoms with van der Waals surface area (Å²) in [6, 6.07) is 0. The van der Waals surface area contributed by atoms with Crippen molar-refractivity contribution < 1.29 is 4.79 Å². The lowest BCUT2D eigenvalue weighted by Gasteiger charge is -2.49. The third-order valence-electron chi connectivity index (χ3n) is 4.45. The summed E-state index contributed by atoms with van der Waals surface area (Å²) in [5, 5.41) is 0. The van der Waals surface area contributed by atoms with Gasteiger partial charge in [0.1, 0.15) is 5.78 Å². The number of fused-ring (bicyclic) bond motifs is 3. The molecule has 1 nitrogen and oxygen atoms in total. The van der Waals surface area contributed by atoms with Crippen molar-refractivity contribution in [1.29, 1.82) is 0 Å². The van der Waals surface area contributed by atoms with Crippen LogP contribution in [0.5, 0.6) is 0 Å². The number of hydrogen-bond acceptors (Lipinski definition) is 1. The number of carbonyl (C=O) groups is 1. The summed E-state index contributed by atoms with van der Waals surface area (Å²) in [4.78, 5) is 11.9. The maximum absolute atomic E-state index is 11.7. The minimum Gasteiger partial charge on any atom is -0.298 e. The normalized spacial score (nSPS) is 50.6. The number of hydrogen-bond donors (Lipinski definition) is 0. The minimum atomic E-state index is 0.156. The summed E-state index contributed by atoms with van der Waals surface area (Å²) in [7, 11) is 0. The smallest absolute Gasteiger partial charge is 0.146 e. The zero-order valence-electron chi connectivity index (χ0n) is 8.16. The molecule has 2 heteroatoms. The van der Waals surface area contributed by atoms with Crippen LogP contribution >= 0.6 is 15.9 Å². The van der Waals surface area contributed by atoms with Gasteiger partial charge >= 0.3 is 0 Å². The van der Waals surface area contributed by atoms with Crippen molar-refractivity contribution >= 4 is 21.7 Å². The summed E-state index contributed by atoms with van der Waals surface area (Å²) in [6.45, 7) is 0. The number of alkyl halides is 1. The van der Waals surface area contributed by atoms with Crippen LogP contribution in [0.4, 0.5) is 0 Å². The first-order chi connectivity index (χ1) is 6.77. The van der Waals surface area contributed by atoms with E-state index in [1.54, 1.807) is 0 Å². The zero-order valence-corrected chi connectivity index (χ0v) is 9.74. The van der Waals surface area contributed by atoms with E-state index in [4.69, 9.17) is 0 Å². The van der Waals surface area contributed by atoms with Gasteiger partial charge in [0.15, 0.2) is 0 Å². The molecule has 5 atom stereocenters. The molecule has 0 aliphatic heterocycles. The van der Waals surface area contributed by atoms with Gasteiger partial charge in [-0.25, -0.2) is 0 Å². The van der Waals surface area contributed by atoms with Gasteiger partial charge in [0.2, 0.25) is 0 Å². The monoisotopic (exact) mass is 254 g/mol. The second kappa shape index (κ2) is 3.19. The first-order valence-corrected chi connectivity index (χ1v) is 6.50. The lowest BCUT2D eigenvalue weighted by molar-refractivity contribution is -0.120. The Labute approximate surface area is 93.1 Å². The Kier molecular flexibility index (Phi) is 2.08. The lowest BCUT2D eigenvalue weighted by Crippen LogP contribution is -2.44. The fraction of sp³-hybridized carbons (Fsp3) is 0.750. The van der Waals surface area contributed by atoms with E-state index >= 15 is 0 Å². The molecule has 0 N–H and O–H groups in total. The average molecular weight is 255 g/mol. The fourth-order valence-corrected chi connectivity index (χ4v) is 4.33. The SMILES string of the molecule is O=C1CC2[C@H]3CC=CC[C@@H]2C3CC1Br. The fourth-order valence-electron chi connectivity index (χ4n) is 3.71. The molecule has 0 radical (unpaired) electrons. The quantitative estimate of drug-likeness (QED) is 0.480. The molecule has 0 aromatic carbocycles. The molecule has 14 heavy (non-hydrogen) atoms. The predicted octanol–water partition coefficient (Wildman–Crippen LogP) is 2.94. The van der Waals surface area contributed by atoms with Crippen LogP contribution in [-0.2, 0) is 4.79 Å². The number of Topliss-reactive ketones (excluding diaryl/α,β-unsaturated/α-hetero) is 1. The maximum Gasteiger partial charge on any atom is 0.146 e. The second-order valence-electron chi connectivity index (χ2n) is 4.97. The van der Waals surface area contributed by atoms with Crippen LogP contribution < -0.4 is 0 Å². The highest BCUT2D eigenvalue weighted by Crippen LogP contribution is 2.57. The van der Waals surface area contributed by atoms with Crippen LogP contribution in [-0.4, -0.2) is 10.6 Å². The summed E-state index contributed by atoms with van der Waals surface area (Å²) in [6.07, 6.45) is 9.03. The van der Waals surface area contributed by atoms with Crippen molar-refractivity contribution in [2.45, 2.75) is 30.5 Å². The second-order valence-corrected chi connectivity index (χ2v) is 6.08.